The van der Waals surface area contributed by atoms with Gasteiger partial charge >= 0.3 is 0 Å². The van der Waals surface area contributed by atoms with E-state index in [1.165, 1.54) is 24.3 Å². The van der Waals surface area contributed by atoms with E-state index >= 15 is 0 Å². The number of hydrogen-bond donors (Lipinski definition) is 1. The Kier molecular flexibility index (Phi) is 6.66. The minimum atomic E-state index is -3.78. The van der Waals surface area contributed by atoms with Crippen molar-refractivity contribution >= 4 is 33.2 Å². The highest BCUT2D eigenvalue weighted by Gasteiger charge is 2.24. The molecule has 156 valence electrons. The zero-order valence-corrected chi connectivity index (χ0v) is 17.8. The van der Waals surface area contributed by atoms with Crippen LogP contribution in [-0.2, 0) is 19.6 Å². The maximum Gasteiger partial charge on any atom is 0.263 e. The van der Waals surface area contributed by atoms with E-state index in [4.69, 9.17) is 21.1 Å². The van der Waals surface area contributed by atoms with Gasteiger partial charge in [0.15, 0.2) is 6.10 Å². The number of hydrogen-bond acceptors (Lipinski definition) is 5. The number of ether oxygens (including phenoxy) is 2. The fourth-order valence-corrected chi connectivity index (χ4v) is 4.19. The molecule has 3 rings (SSSR count). The van der Waals surface area contributed by atoms with Gasteiger partial charge in [-0.2, -0.15) is 0 Å². The summed E-state index contributed by atoms with van der Waals surface area (Å²) in [6.45, 7) is 5.58. The predicted molar refractivity (Wildman–Crippen MR) is 111 cm³/mol. The molecule has 1 N–H and O–H groups in total. The number of nitrogens with zero attached hydrogens (tertiary/aromatic N) is 1. The number of anilines is 1. The maximum atomic E-state index is 12.6. The lowest BCUT2D eigenvalue weighted by atomic mass is 10.2. The summed E-state index contributed by atoms with van der Waals surface area (Å²) >= 11 is 5.95. The van der Waals surface area contributed by atoms with Crippen LogP contribution in [0.2, 0.25) is 5.02 Å². The third-order valence-electron chi connectivity index (χ3n) is 4.56. The molecule has 1 heterocycles. The molecule has 2 aromatic rings. The number of morpholine rings is 1. The Labute approximate surface area is 175 Å². The van der Waals surface area contributed by atoms with Crippen molar-refractivity contribution in [2.24, 2.45) is 0 Å². The number of carbonyl (C=O) groups is 1. The Morgan fingerprint density at radius 3 is 2.48 bits per heavy atom. The highest BCUT2D eigenvalue weighted by atomic mass is 35.5. The second kappa shape index (κ2) is 9.02. The van der Waals surface area contributed by atoms with Crippen molar-refractivity contribution < 1.29 is 22.7 Å². The summed E-state index contributed by atoms with van der Waals surface area (Å²) in [5.41, 5.74) is 1.18. The van der Waals surface area contributed by atoms with Gasteiger partial charge in [0, 0.05) is 18.1 Å². The normalized spacial score (nSPS) is 15.6. The number of aryl methyl sites for hydroxylation is 1. The van der Waals surface area contributed by atoms with E-state index in [0.29, 0.717) is 42.8 Å². The van der Waals surface area contributed by atoms with E-state index in [2.05, 4.69) is 4.72 Å². The van der Waals surface area contributed by atoms with Crippen LogP contribution in [0.25, 0.3) is 0 Å². The number of nitrogens with one attached hydrogen (secondary N) is 1. The lowest BCUT2D eigenvalue weighted by Crippen LogP contribution is -2.46. The summed E-state index contributed by atoms with van der Waals surface area (Å²) in [7, 11) is -3.78. The third-order valence-corrected chi connectivity index (χ3v) is 6.18. The first-order valence-electron chi connectivity index (χ1n) is 9.18. The lowest BCUT2D eigenvalue weighted by molar-refractivity contribution is -0.142. The molecule has 0 saturated carbocycles. The Hall–Kier alpha value is -2.29. The van der Waals surface area contributed by atoms with Crippen molar-refractivity contribution in [1.82, 2.24) is 4.90 Å². The number of rotatable bonds is 6. The summed E-state index contributed by atoms with van der Waals surface area (Å²) in [5, 5.41) is 0.441. The van der Waals surface area contributed by atoms with Crippen LogP contribution in [0, 0.1) is 6.92 Å². The molecule has 29 heavy (non-hydrogen) atoms. The van der Waals surface area contributed by atoms with Crippen LogP contribution >= 0.6 is 11.6 Å². The van der Waals surface area contributed by atoms with Crippen molar-refractivity contribution in [3.8, 4) is 5.75 Å². The van der Waals surface area contributed by atoms with Gasteiger partial charge < -0.3 is 14.4 Å². The standard InChI is InChI=1S/C20H23ClN2O5S/c1-14-3-4-16(21)13-19(14)22-29(25,26)18-7-5-17(6-8-18)28-15(2)20(24)23-9-11-27-12-10-23/h3-8,13,15,22H,9-12H2,1-2H3/t15-/m1/s1. The largest absolute Gasteiger partial charge is 0.481 e. The fourth-order valence-electron chi connectivity index (χ4n) is 2.90. The van der Waals surface area contributed by atoms with Crippen molar-refractivity contribution in [2.45, 2.75) is 24.8 Å². The average molecular weight is 439 g/mol. The highest BCUT2D eigenvalue weighted by molar-refractivity contribution is 7.92. The second-order valence-electron chi connectivity index (χ2n) is 6.73. The van der Waals surface area contributed by atoms with Gasteiger partial charge in [-0.25, -0.2) is 8.42 Å². The molecular formula is C20H23ClN2O5S. The van der Waals surface area contributed by atoms with Crippen LogP contribution in [0.3, 0.4) is 0 Å². The van der Waals surface area contributed by atoms with Crippen molar-refractivity contribution in [3.63, 3.8) is 0 Å². The zero-order valence-electron chi connectivity index (χ0n) is 16.2. The molecule has 0 spiro atoms. The molecule has 1 saturated heterocycles. The van der Waals surface area contributed by atoms with E-state index in [0.717, 1.165) is 5.56 Å². The number of halogens is 1. The monoisotopic (exact) mass is 438 g/mol. The number of sulfonamides is 1. The molecule has 0 bridgehead atoms. The molecular weight excluding hydrogens is 416 g/mol. The quantitative estimate of drug-likeness (QED) is 0.749. The molecule has 0 radical (unpaired) electrons. The van der Waals surface area contributed by atoms with Gasteiger partial charge in [-0.05, 0) is 55.8 Å². The average Bonchev–Trinajstić information content (AvgIpc) is 2.71. The molecule has 1 atom stereocenters. The maximum absolute atomic E-state index is 12.6. The van der Waals surface area contributed by atoms with Gasteiger partial charge in [-0.3, -0.25) is 9.52 Å². The summed E-state index contributed by atoms with van der Waals surface area (Å²) in [4.78, 5) is 14.2. The molecule has 9 heteroatoms. The number of carbonyl (C=O) groups excluding carboxylic acids is 1. The summed E-state index contributed by atoms with van der Waals surface area (Å²) < 4.78 is 38.8. The van der Waals surface area contributed by atoms with Gasteiger partial charge in [0.25, 0.3) is 15.9 Å². The predicted octanol–water partition coefficient (Wildman–Crippen LogP) is 3.08. The van der Waals surface area contributed by atoms with Crippen LogP contribution in [0.5, 0.6) is 5.75 Å². The summed E-state index contributed by atoms with van der Waals surface area (Å²) in [6.07, 6.45) is -0.678. The Balaban J connectivity index is 1.67. The first-order valence-corrected chi connectivity index (χ1v) is 11.0. The Morgan fingerprint density at radius 1 is 1.17 bits per heavy atom. The molecule has 1 aliphatic rings. The van der Waals surface area contributed by atoms with E-state index in [1.54, 1.807) is 36.9 Å². The molecule has 1 amide bonds. The zero-order chi connectivity index (χ0) is 21.0. The van der Waals surface area contributed by atoms with Crippen molar-refractivity contribution in [2.75, 3.05) is 31.0 Å². The molecule has 1 fully saturated rings. The van der Waals surface area contributed by atoms with Crippen LogP contribution in [0.1, 0.15) is 12.5 Å². The van der Waals surface area contributed by atoms with E-state index in [1.807, 2.05) is 0 Å². The fraction of sp³-hybridized carbons (Fsp3) is 0.350. The number of amides is 1. The third kappa shape index (κ3) is 5.41. The van der Waals surface area contributed by atoms with Crippen LogP contribution < -0.4 is 9.46 Å². The Morgan fingerprint density at radius 2 is 1.83 bits per heavy atom. The van der Waals surface area contributed by atoms with E-state index in [9.17, 15) is 13.2 Å². The van der Waals surface area contributed by atoms with Gasteiger partial charge in [0.05, 0.1) is 23.8 Å². The molecule has 1 aliphatic heterocycles. The van der Waals surface area contributed by atoms with Gasteiger partial charge in [-0.15, -0.1) is 0 Å². The molecule has 0 unspecified atom stereocenters. The molecule has 0 aromatic heterocycles. The van der Waals surface area contributed by atoms with E-state index in [-0.39, 0.29) is 10.8 Å². The minimum absolute atomic E-state index is 0.0800. The molecule has 2 aromatic carbocycles. The van der Waals surface area contributed by atoms with Crippen molar-refractivity contribution in [3.05, 3.63) is 53.1 Å². The topological polar surface area (TPSA) is 84.9 Å². The van der Waals surface area contributed by atoms with Crippen LogP contribution in [-0.4, -0.2) is 51.6 Å². The van der Waals surface area contributed by atoms with Crippen molar-refractivity contribution in [1.29, 1.82) is 0 Å². The van der Waals surface area contributed by atoms with Gasteiger partial charge in [0.1, 0.15) is 5.75 Å². The van der Waals surface area contributed by atoms with Crippen LogP contribution in [0.15, 0.2) is 47.4 Å². The minimum Gasteiger partial charge on any atom is -0.481 e. The summed E-state index contributed by atoms with van der Waals surface area (Å²) in [5.74, 6) is 0.292. The second-order valence-corrected chi connectivity index (χ2v) is 8.85. The lowest BCUT2D eigenvalue weighted by Gasteiger charge is -2.29. The van der Waals surface area contributed by atoms with Gasteiger partial charge in [0.2, 0.25) is 0 Å². The first-order chi connectivity index (χ1) is 13.8. The van der Waals surface area contributed by atoms with E-state index < -0.39 is 16.1 Å². The highest BCUT2D eigenvalue weighted by Crippen LogP contribution is 2.24. The Bertz CT molecular complexity index is 973. The van der Waals surface area contributed by atoms with Crippen LogP contribution in [0.4, 0.5) is 5.69 Å². The molecule has 0 aliphatic carbocycles. The summed E-state index contributed by atoms with van der Waals surface area (Å²) in [6, 6.07) is 10.9. The first kappa shape index (κ1) is 21.4. The number of benzene rings is 2. The SMILES string of the molecule is Cc1ccc(Cl)cc1NS(=O)(=O)c1ccc(O[C@H](C)C(=O)N2CCOCC2)cc1. The smallest absolute Gasteiger partial charge is 0.263 e. The molecule has 7 nitrogen and oxygen atoms in total. The van der Waals surface area contributed by atoms with Gasteiger partial charge in [-0.1, -0.05) is 17.7 Å².